The summed E-state index contributed by atoms with van der Waals surface area (Å²) >= 11 is 1.83. The molecule has 0 radical (unpaired) electrons. The van der Waals surface area contributed by atoms with Crippen molar-refractivity contribution in [2.24, 2.45) is 0 Å². The zero-order valence-electron chi connectivity index (χ0n) is 13.8. The third kappa shape index (κ3) is 4.14. The maximum Gasteiger partial charge on any atom is 0.311 e. The van der Waals surface area contributed by atoms with Crippen LogP contribution < -0.4 is 4.74 Å². The van der Waals surface area contributed by atoms with Crippen LogP contribution in [0.3, 0.4) is 0 Å². The molecule has 0 N–H and O–H groups in total. The lowest BCUT2D eigenvalue weighted by atomic mass is 10.2. The predicted molar refractivity (Wildman–Crippen MR) is 94.1 cm³/mol. The minimum Gasteiger partial charge on any atom is -0.479 e. The van der Waals surface area contributed by atoms with Gasteiger partial charge in [0.1, 0.15) is 12.4 Å². The quantitative estimate of drug-likeness (QED) is 0.599. The summed E-state index contributed by atoms with van der Waals surface area (Å²) in [7, 11) is 0. The molecule has 1 aliphatic heterocycles. The first kappa shape index (κ1) is 17.3. The van der Waals surface area contributed by atoms with Gasteiger partial charge in [-0.1, -0.05) is 6.07 Å². The molecule has 1 aliphatic rings. The first-order chi connectivity index (χ1) is 12.0. The Kier molecular flexibility index (Phi) is 5.28. The number of aryl methyl sites for hydroxylation is 1. The summed E-state index contributed by atoms with van der Waals surface area (Å²) in [6, 6.07) is 8.04. The fourth-order valence-electron chi connectivity index (χ4n) is 2.53. The molecule has 0 saturated carbocycles. The van der Waals surface area contributed by atoms with Gasteiger partial charge >= 0.3 is 5.69 Å². The highest BCUT2D eigenvalue weighted by Gasteiger charge is 2.22. The minimum atomic E-state index is -0.478. The Balaban J connectivity index is 1.66. The summed E-state index contributed by atoms with van der Waals surface area (Å²) < 4.78 is 11.1. The van der Waals surface area contributed by atoms with Crippen molar-refractivity contribution in [3.63, 3.8) is 0 Å². The van der Waals surface area contributed by atoms with Crippen LogP contribution in [0.15, 0.2) is 34.7 Å². The third-order valence-electron chi connectivity index (χ3n) is 3.85. The van der Waals surface area contributed by atoms with Crippen molar-refractivity contribution < 1.29 is 18.9 Å². The van der Waals surface area contributed by atoms with E-state index < -0.39 is 4.92 Å². The maximum absolute atomic E-state index is 12.4. The molecule has 0 aliphatic carbocycles. The Morgan fingerprint density at radius 1 is 1.32 bits per heavy atom. The lowest BCUT2D eigenvalue weighted by Crippen LogP contribution is -2.37. The molecule has 1 aromatic heterocycles. The number of benzene rings is 1. The van der Waals surface area contributed by atoms with Crippen LogP contribution in [0.1, 0.15) is 21.9 Å². The SMILES string of the molecule is Cc1ccc(OCc2ccc(C(=O)N3CCSCC3)o2)c([N+](=O)[O-])c1. The van der Waals surface area contributed by atoms with Crippen molar-refractivity contribution in [2.75, 3.05) is 24.6 Å². The second-order valence-corrected chi connectivity index (χ2v) is 6.91. The molecule has 0 unspecified atom stereocenters. The standard InChI is InChI=1S/C17H18N2O5S/c1-12-2-4-15(14(10-12)19(21)22)23-11-13-3-5-16(24-13)17(20)18-6-8-25-9-7-18/h2-5,10H,6-9,11H2,1H3. The van der Waals surface area contributed by atoms with E-state index in [0.29, 0.717) is 18.8 Å². The van der Waals surface area contributed by atoms with Crippen molar-refractivity contribution in [1.82, 2.24) is 4.90 Å². The molecule has 1 amide bonds. The first-order valence-electron chi connectivity index (χ1n) is 7.88. The van der Waals surface area contributed by atoms with Gasteiger partial charge in [-0.3, -0.25) is 14.9 Å². The van der Waals surface area contributed by atoms with Crippen molar-refractivity contribution in [1.29, 1.82) is 0 Å². The van der Waals surface area contributed by atoms with E-state index in [1.807, 2.05) is 11.8 Å². The zero-order chi connectivity index (χ0) is 17.8. The Hall–Kier alpha value is -2.48. The average Bonchev–Trinajstić information content (AvgIpc) is 3.09. The molecule has 3 rings (SSSR count). The lowest BCUT2D eigenvalue weighted by molar-refractivity contribution is -0.386. The first-order valence-corrected chi connectivity index (χ1v) is 9.03. The number of carbonyl (C=O) groups is 1. The van der Waals surface area contributed by atoms with Gasteiger partial charge in [0.05, 0.1) is 4.92 Å². The number of hydrogen-bond donors (Lipinski definition) is 0. The van der Waals surface area contributed by atoms with Crippen molar-refractivity contribution in [3.8, 4) is 5.75 Å². The van der Waals surface area contributed by atoms with Gasteiger partial charge in [-0.25, -0.2) is 0 Å². The smallest absolute Gasteiger partial charge is 0.311 e. The van der Waals surface area contributed by atoms with Gasteiger partial charge in [-0.05, 0) is 30.7 Å². The van der Waals surface area contributed by atoms with Crippen LogP contribution in [0.4, 0.5) is 5.69 Å². The van der Waals surface area contributed by atoms with Crippen LogP contribution in [0.2, 0.25) is 0 Å². The maximum atomic E-state index is 12.4. The third-order valence-corrected chi connectivity index (χ3v) is 4.79. The van der Waals surface area contributed by atoms with E-state index in [1.165, 1.54) is 6.07 Å². The van der Waals surface area contributed by atoms with Crippen LogP contribution in [0.25, 0.3) is 0 Å². The molecule has 1 fully saturated rings. The zero-order valence-corrected chi connectivity index (χ0v) is 14.6. The van der Waals surface area contributed by atoms with Crippen molar-refractivity contribution >= 4 is 23.4 Å². The number of nitro benzene ring substituents is 1. The van der Waals surface area contributed by atoms with Gasteiger partial charge in [0.25, 0.3) is 5.91 Å². The van der Waals surface area contributed by atoms with Gasteiger partial charge in [-0.2, -0.15) is 11.8 Å². The Bertz CT molecular complexity index is 783. The Labute approximate surface area is 149 Å². The molecule has 8 heteroatoms. The highest BCUT2D eigenvalue weighted by molar-refractivity contribution is 7.99. The molecule has 1 aromatic carbocycles. The van der Waals surface area contributed by atoms with Crippen molar-refractivity contribution in [2.45, 2.75) is 13.5 Å². The van der Waals surface area contributed by atoms with Gasteiger partial charge < -0.3 is 14.1 Å². The number of thioether (sulfide) groups is 1. The molecule has 7 nitrogen and oxygen atoms in total. The Morgan fingerprint density at radius 3 is 2.80 bits per heavy atom. The van der Waals surface area contributed by atoms with E-state index in [-0.39, 0.29) is 29.7 Å². The normalized spacial score (nSPS) is 14.4. The van der Waals surface area contributed by atoms with Crippen LogP contribution in [0.5, 0.6) is 5.75 Å². The second kappa shape index (κ2) is 7.60. The highest BCUT2D eigenvalue weighted by atomic mass is 32.2. The fraction of sp³-hybridized carbons (Fsp3) is 0.353. The minimum absolute atomic E-state index is 0.0209. The molecule has 25 heavy (non-hydrogen) atoms. The number of amides is 1. The van der Waals surface area contributed by atoms with Gasteiger partial charge in [0, 0.05) is 30.7 Å². The predicted octanol–water partition coefficient (Wildman–Crippen LogP) is 3.26. The average molecular weight is 362 g/mol. The monoisotopic (exact) mass is 362 g/mol. The van der Waals surface area contributed by atoms with E-state index in [9.17, 15) is 14.9 Å². The van der Waals surface area contributed by atoms with Crippen LogP contribution >= 0.6 is 11.8 Å². The number of rotatable bonds is 5. The van der Waals surface area contributed by atoms with Crippen LogP contribution in [0, 0.1) is 17.0 Å². The topological polar surface area (TPSA) is 85.8 Å². The highest BCUT2D eigenvalue weighted by Crippen LogP contribution is 2.28. The Morgan fingerprint density at radius 2 is 2.08 bits per heavy atom. The molecule has 0 bridgehead atoms. The number of nitro groups is 1. The molecule has 132 valence electrons. The van der Waals surface area contributed by atoms with E-state index in [2.05, 4.69) is 0 Å². The van der Waals surface area contributed by atoms with Crippen LogP contribution in [-0.4, -0.2) is 40.3 Å². The summed E-state index contributed by atoms with van der Waals surface area (Å²) in [4.78, 5) is 24.8. The van der Waals surface area contributed by atoms with Gasteiger partial charge in [0.2, 0.25) is 0 Å². The summed E-state index contributed by atoms with van der Waals surface area (Å²) in [5.41, 5.74) is 0.693. The fourth-order valence-corrected chi connectivity index (χ4v) is 3.44. The van der Waals surface area contributed by atoms with E-state index in [1.54, 1.807) is 36.1 Å². The number of ether oxygens (including phenoxy) is 1. The van der Waals surface area contributed by atoms with E-state index in [0.717, 1.165) is 17.1 Å². The van der Waals surface area contributed by atoms with Gasteiger partial charge in [-0.15, -0.1) is 0 Å². The molecule has 0 atom stereocenters. The summed E-state index contributed by atoms with van der Waals surface area (Å²) in [5, 5.41) is 11.1. The molecule has 2 heterocycles. The van der Waals surface area contributed by atoms with E-state index >= 15 is 0 Å². The van der Waals surface area contributed by atoms with Crippen LogP contribution in [-0.2, 0) is 6.61 Å². The summed E-state index contributed by atoms with van der Waals surface area (Å²) in [6.45, 7) is 3.23. The molecular weight excluding hydrogens is 344 g/mol. The number of carbonyl (C=O) groups excluding carboxylic acids is 1. The summed E-state index contributed by atoms with van der Waals surface area (Å²) in [5.74, 6) is 2.62. The summed E-state index contributed by atoms with van der Waals surface area (Å²) in [6.07, 6.45) is 0. The molecular formula is C17H18N2O5S. The lowest BCUT2D eigenvalue weighted by Gasteiger charge is -2.25. The largest absolute Gasteiger partial charge is 0.479 e. The molecule has 1 saturated heterocycles. The molecule has 2 aromatic rings. The van der Waals surface area contributed by atoms with Gasteiger partial charge in [0.15, 0.2) is 11.5 Å². The second-order valence-electron chi connectivity index (χ2n) is 5.69. The molecule has 0 spiro atoms. The number of nitrogens with zero attached hydrogens (tertiary/aromatic N) is 2. The number of furan rings is 1. The number of hydrogen-bond acceptors (Lipinski definition) is 6. The van der Waals surface area contributed by atoms with Crippen molar-refractivity contribution in [3.05, 3.63) is 57.5 Å². The van der Waals surface area contributed by atoms with E-state index in [4.69, 9.17) is 9.15 Å².